The number of rotatable bonds is 1. The molecule has 0 saturated heterocycles. The highest BCUT2D eigenvalue weighted by atomic mass is 32.2. The third-order valence-electron chi connectivity index (χ3n) is 2.25. The van der Waals surface area contributed by atoms with Gasteiger partial charge in [0.15, 0.2) is 0 Å². The first-order chi connectivity index (χ1) is 6.20. The SMILES string of the molecule is CN(C)c1cc2c(n1C)SCC=C2. The molecule has 1 aliphatic heterocycles. The summed E-state index contributed by atoms with van der Waals surface area (Å²) < 4.78 is 2.25. The Morgan fingerprint density at radius 1 is 1.46 bits per heavy atom. The monoisotopic (exact) mass is 194 g/mol. The average Bonchev–Trinajstić information content (AvgIpc) is 2.45. The van der Waals surface area contributed by atoms with Gasteiger partial charge in [-0.2, -0.15) is 0 Å². The van der Waals surface area contributed by atoms with Crippen molar-refractivity contribution in [3.8, 4) is 0 Å². The van der Waals surface area contributed by atoms with Gasteiger partial charge in [0.05, 0.1) is 5.03 Å². The van der Waals surface area contributed by atoms with E-state index in [0.717, 1.165) is 5.75 Å². The number of anilines is 1. The van der Waals surface area contributed by atoms with E-state index in [-0.39, 0.29) is 0 Å². The molecule has 0 spiro atoms. The van der Waals surface area contributed by atoms with Crippen LogP contribution in [0.15, 0.2) is 17.2 Å². The highest BCUT2D eigenvalue weighted by Gasteiger charge is 2.13. The second-order valence-electron chi connectivity index (χ2n) is 3.43. The second kappa shape index (κ2) is 3.14. The normalized spacial score (nSPS) is 14.4. The average molecular weight is 194 g/mol. The van der Waals surface area contributed by atoms with Gasteiger partial charge in [-0.05, 0) is 6.07 Å². The van der Waals surface area contributed by atoms with Crippen molar-refractivity contribution in [3.05, 3.63) is 17.7 Å². The number of fused-ring (bicyclic) bond motifs is 1. The molecule has 0 saturated carbocycles. The van der Waals surface area contributed by atoms with Crippen LogP contribution in [0.5, 0.6) is 0 Å². The Labute approximate surface area is 83.2 Å². The topological polar surface area (TPSA) is 8.17 Å². The van der Waals surface area contributed by atoms with Crippen molar-refractivity contribution in [2.45, 2.75) is 5.03 Å². The third kappa shape index (κ3) is 1.37. The van der Waals surface area contributed by atoms with Crippen LogP contribution < -0.4 is 4.90 Å². The molecule has 0 aliphatic carbocycles. The molecule has 70 valence electrons. The Balaban J connectivity index is 2.52. The Kier molecular flexibility index (Phi) is 2.12. The maximum absolute atomic E-state index is 2.25. The molecule has 2 heterocycles. The predicted molar refractivity (Wildman–Crippen MR) is 59.5 cm³/mol. The van der Waals surface area contributed by atoms with Crippen LogP contribution in [0.3, 0.4) is 0 Å². The molecule has 0 amide bonds. The molecule has 0 radical (unpaired) electrons. The fourth-order valence-corrected chi connectivity index (χ4v) is 2.56. The zero-order valence-electron chi connectivity index (χ0n) is 8.24. The molecule has 0 aromatic carbocycles. The summed E-state index contributed by atoms with van der Waals surface area (Å²) in [7, 11) is 6.28. The van der Waals surface area contributed by atoms with Crippen LogP contribution in [0, 0.1) is 0 Å². The van der Waals surface area contributed by atoms with Gasteiger partial charge in [0.25, 0.3) is 0 Å². The number of aromatic nitrogens is 1. The minimum Gasteiger partial charge on any atom is -0.364 e. The Hall–Kier alpha value is -0.830. The lowest BCUT2D eigenvalue weighted by molar-refractivity contribution is 0.806. The van der Waals surface area contributed by atoms with Gasteiger partial charge >= 0.3 is 0 Å². The minimum atomic E-state index is 1.09. The minimum absolute atomic E-state index is 1.09. The van der Waals surface area contributed by atoms with Crippen LogP contribution in [-0.2, 0) is 7.05 Å². The van der Waals surface area contributed by atoms with Gasteiger partial charge in [-0.1, -0.05) is 12.2 Å². The van der Waals surface area contributed by atoms with Crippen molar-refractivity contribution in [3.63, 3.8) is 0 Å². The van der Waals surface area contributed by atoms with Gasteiger partial charge in [-0.25, -0.2) is 0 Å². The molecule has 3 heteroatoms. The van der Waals surface area contributed by atoms with Crippen LogP contribution in [0.1, 0.15) is 5.56 Å². The fourth-order valence-electron chi connectivity index (χ4n) is 1.63. The Morgan fingerprint density at radius 2 is 2.23 bits per heavy atom. The number of nitrogens with zero attached hydrogens (tertiary/aromatic N) is 2. The summed E-state index contributed by atoms with van der Waals surface area (Å²) in [5, 5.41) is 1.38. The summed E-state index contributed by atoms with van der Waals surface area (Å²) >= 11 is 1.90. The molecule has 0 atom stereocenters. The van der Waals surface area contributed by atoms with Crippen LogP contribution in [0.2, 0.25) is 0 Å². The van der Waals surface area contributed by atoms with Crippen molar-refractivity contribution in [2.24, 2.45) is 7.05 Å². The fraction of sp³-hybridized carbons (Fsp3) is 0.400. The molecule has 1 aromatic heterocycles. The maximum atomic E-state index is 2.25. The van der Waals surface area contributed by atoms with Gasteiger partial charge in [0.1, 0.15) is 5.82 Å². The molecule has 0 unspecified atom stereocenters. The van der Waals surface area contributed by atoms with Crippen molar-refractivity contribution >= 4 is 23.7 Å². The molecular formula is C10H14N2S. The molecule has 0 N–H and O–H groups in total. The number of hydrogen-bond acceptors (Lipinski definition) is 2. The highest BCUT2D eigenvalue weighted by molar-refractivity contribution is 7.99. The van der Waals surface area contributed by atoms with E-state index in [4.69, 9.17) is 0 Å². The summed E-state index contributed by atoms with van der Waals surface area (Å²) in [6.07, 6.45) is 4.42. The molecule has 13 heavy (non-hydrogen) atoms. The standard InChI is InChI=1S/C10H14N2S/c1-11(2)9-7-8-5-4-6-13-10(8)12(9)3/h4-5,7H,6H2,1-3H3. The first-order valence-electron chi connectivity index (χ1n) is 4.36. The van der Waals surface area contributed by atoms with Gasteiger partial charge < -0.3 is 9.47 Å². The molecule has 1 aliphatic rings. The number of hydrogen-bond donors (Lipinski definition) is 0. The lowest BCUT2D eigenvalue weighted by atomic mass is 10.3. The van der Waals surface area contributed by atoms with E-state index in [1.165, 1.54) is 16.4 Å². The van der Waals surface area contributed by atoms with Gasteiger partial charge in [0.2, 0.25) is 0 Å². The highest BCUT2D eigenvalue weighted by Crippen LogP contribution is 2.33. The molecular weight excluding hydrogens is 180 g/mol. The molecule has 0 fully saturated rings. The second-order valence-corrected chi connectivity index (χ2v) is 4.44. The van der Waals surface area contributed by atoms with E-state index in [1.54, 1.807) is 0 Å². The van der Waals surface area contributed by atoms with Gasteiger partial charge in [0, 0.05) is 32.5 Å². The van der Waals surface area contributed by atoms with E-state index < -0.39 is 0 Å². The predicted octanol–water partition coefficient (Wildman–Crippen LogP) is 2.21. The lowest BCUT2D eigenvalue weighted by Gasteiger charge is -2.14. The molecule has 2 nitrogen and oxygen atoms in total. The Morgan fingerprint density at radius 3 is 2.85 bits per heavy atom. The smallest absolute Gasteiger partial charge is 0.109 e. The van der Waals surface area contributed by atoms with E-state index >= 15 is 0 Å². The van der Waals surface area contributed by atoms with E-state index in [0.29, 0.717) is 0 Å². The summed E-state index contributed by atoms with van der Waals surface area (Å²) in [6.45, 7) is 0. The zero-order valence-corrected chi connectivity index (χ0v) is 9.06. The summed E-state index contributed by atoms with van der Waals surface area (Å²) in [6, 6.07) is 2.23. The first kappa shape index (κ1) is 8.75. The largest absolute Gasteiger partial charge is 0.364 e. The van der Waals surface area contributed by atoms with Gasteiger partial charge in [-0.15, -0.1) is 11.8 Å². The van der Waals surface area contributed by atoms with Crippen LogP contribution in [0.25, 0.3) is 6.08 Å². The van der Waals surface area contributed by atoms with Crippen molar-refractivity contribution < 1.29 is 0 Å². The van der Waals surface area contributed by atoms with E-state index in [2.05, 4.69) is 48.8 Å². The summed E-state index contributed by atoms with van der Waals surface area (Å²) in [5.41, 5.74) is 1.35. The lowest BCUT2D eigenvalue weighted by Crippen LogP contribution is -2.12. The Bertz CT molecular complexity index is 350. The van der Waals surface area contributed by atoms with Crippen LogP contribution in [0.4, 0.5) is 5.82 Å². The van der Waals surface area contributed by atoms with Crippen molar-refractivity contribution in [2.75, 3.05) is 24.7 Å². The van der Waals surface area contributed by atoms with Gasteiger partial charge in [-0.3, -0.25) is 0 Å². The third-order valence-corrected chi connectivity index (χ3v) is 3.39. The van der Waals surface area contributed by atoms with Crippen molar-refractivity contribution in [1.82, 2.24) is 4.57 Å². The maximum Gasteiger partial charge on any atom is 0.109 e. The zero-order chi connectivity index (χ0) is 9.42. The first-order valence-corrected chi connectivity index (χ1v) is 5.35. The summed E-state index contributed by atoms with van der Waals surface area (Å²) in [5.74, 6) is 2.36. The number of thioether (sulfide) groups is 1. The quantitative estimate of drug-likeness (QED) is 0.677. The molecule has 0 bridgehead atoms. The summed E-state index contributed by atoms with van der Waals surface area (Å²) in [4.78, 5) is 2.15. The van der Waals surface area contributed by atoms with Crippen molar-refractivity contribution in [1.29, 1.82) is 0 Å². The van der Waals surface area contributed by atoms with E-state index in [1.807, 2.05) is 11.8 Å². The van der Waals surface area contributed by atoms with Crippen LogP contribution in [-0.4, -0.2) is 24.4 Å². The molecule has 2 rings (SSSR count). The van der Waals surface area contributed by atoms with Crippen LogP contribution >= 0.6 is 11.8 Å². The van der Waals surface area contributed by atoms with E-state index in [9.17, 15) is 0 Å². The molecule has 1 aromatic rings.